The van der Waals surface area contributed by atoms with E-state index in [0.717, 1.165) is 13.1 Å². The molecule has 0 aliphatic carbocycles. The Labute approximate surface area is 161 Å². The van der Waals surface area contributed by atoms with Crippen molar-refractivity contribution in [1.82, 2.24) is 30.8 Å². The number of carbonyl (C=O) groups excluding carboxylic acids is 2. The van der Waals surface area contributed by atoms with Gasteiger partial charge in [0.2, 0.25) is 17.8 Å². The van der Waals surface area contributed by atoms with Crippen molar-refractivity contribution in [3.8, 4) is 0 Å². The van der Waals surface area contributed by atoms with E-state index in [4.69, 9.17) is 0 Å². The van der Waals surface area contributed by atoms with E-state index in [0.29, 0.717) is 5.95 Å². The standard InChI is InChI=1S/C5H11NO.C4H9N5.C4H9NO.4CH4/c1-4(2)6-5(3)7;1-3-5-4-6-7-8-9(4)2;1-3-5-4(2)6;;;;/h4H,1-3H3,(H,6,7);3H2,1-2H3,(H,5,6,8);3H2,1-2H3,(H,5,6);4*1H4. The number of rotatable bonds is 4. The summed E-state index contributed by atoms with van der Waals surface area (Å²) < 4.78 is 1.59. The number of nitrogens with zero attached hydrogens (tertiary/aromatic N) is 4. The van der Waals surface area contributed by atoms with Crippen molar-refractivity contribution < 1.29 is 9.59 Å². The summed E-state index contributed by atoms with van der Waals surface area (Å²) in [7, 11) is 1.79. The Morgan fingerprint density at radius 2 is 1.50 bits per heavy atom. The third-order valence-corrected chi connectivity index (χ3v) is 1.87. The van der Waals surface area contributed by atoms with E-state index in [1.165, 1.54) is 13.8 Å². The van der Waals surface area contributed by atoms with E-state index in [9.17, 15) is 9.59 Å². The highest BCUT2D eigenvalue weighted by molar-refractivity contribution is 5.73. The molecule has 2 amide bonds. The molecule has 9 nitrogen and oxygen atoms in total. The smallest absolute Gasteiger partial charge is 0.242 e. The van der Waals surface area contributed by atoms with E-state index >= 15 is 0 Å². The molecule has 1 aromatic rings. The molecule has 0 aliphatic heterocycles. The maximum absolute atomic E-state index is 10.1. The fraction of sp³-hybridized carbons (Fsp3) is 0.824. The second-order valence-corrected chi connectivity index (χ2v) is 4.60. The average molecular weight is 380 g/mol. The average Bonchev–Trinajstić information content (AvgIpc) is 2.75. The number of nitrogens with one attached hydrogen (secondary N) is 3. The van der Waals surface area contributed by atoms with Crippen LogP contribution in [0.5, 0.6) is 0 Å². The zero-order valence-corrected chi connectivity index (χ0v) is 14.6. The summed E-state index contributed by atoms with van der Waals surface area (Å²) in [6.07, 6.45) is 0. The molecular formula is C17H45N7O2. The molecule has 26 heavy (non-hydrogen) atoms. The van der Waals surface area contributed by atoms with Crippen molar-refractivity contribution in [3.05, 3.63) is 0 Å². The summed E-state index contributed by atoms with van der Waals surface area (Å²) in [6, 6.07) is 0.275. The molecule has 3 N–H and O–H groups in total. The van der Waals surface area contributed by atoms with Crippen LogP contribution in [0.1, 0.15) is 71.2 Å². The van der Waals surface area contributed by atoms with Gasteiger partial charge < -0.3 is 16.0 Å². The molecule has 0 unspecified atom stereocenters. The summed E-state index contributed by atoms with van der Waals surface area (Å²) in [5, 5.41) is 19.0. The summed E-state index contributed by atoms with van der Waals surface area (Å²) in [5.74, 6) is 0.782. The van der Waals surface area contributed by atoms with Gasteiger partial charge in [-0.2, -0.15) is 0 Å². The van der Waals surface area contributed by atoms with Crippen LogP contribution in [0, 0.1) is 0 Å². The Bertz CT molecular complexity index is 421. The van der Waals surface area contributed by atoms with Crippen LogP contribution in [0.3, 0.4) is 0 Å². The number of amides is 2. The molecular weight excluding hydrogens is 334 g/mol. The van der Waals surface area contributed by atoms with Crippen molar-refractivity contribution in [1.29, 1.82) is 0 Å². The minimum atomic E-state index is 0. The largest absolute Gasteiger partial charge is 0.357 e. The molecule has 0 bridgehead atoms. The minimum Gasteiger partial charge on any atom is -0.357 e. The van der Waals surface area contributed by atoms with E-state index in [1.54, 1.807) is 11.7 Å². The first-order valence-electron chi connectivity index (χ1n) is 7.22. The monoisotopic (exact) mass is 379 g/mol. The normalized spacial score (nSPS) is 7.54. The highest BCUT2D eigenvalue weighted by Gasteiger charge is 1.95. The van der Waals surface area contributed by atoms with Gasteiger partial charge in [0, 0.05) is 40.0 Å². The fourth-order valence-electron chi connectivity index (χ4n) is 1.19. The van der Waals surface area contributed by atoms with E-state index in [2.05, 4.69) is 31.5 Å². The summed E-state index contributed by atoms with van der Waals surface area (Å²) in [5.41, 5.74) is 0. The SMILES string of the molecule is C.C.C.C.CC(=O)NC(C)C.CCNC(C)=O.CCNc1nnnn1C. The number of anilines is 1. The van der Waals surface area contributed by atoms with Gasteiger partial charge in [0.1, 0.15) is 0 Å². The number of aromatic nitrogens is 4. The van der Waals surface area contributed by atoms with Crippen LogP contribution in [-0.2, 0) is 16.6 Å². The van der Waals surface area contributed by atoms with Crippen molar-refractivity contribution in [2.45, 2.75) is 77.3 Å². The lowest BCUT2D eigenvalue weighted by atomic mass is 10.4. The molecule has 0 aromatic carbocycles. The van der Waals surface area contributed by atoms with Crippen molar-refractivity contribution in [2.75, 3.05) is 18.4 Å². The van der Waals surface area contributed by atoms with Gasteiger partial charge in [0.15, 0.2) is 0 Å². The third kappa shape index (κ3) is 29.8. The lowest BCUT2D eigenvalue weighted by Gasteiger charge is -2.02. The van der Waals surface area contributed by atoms with Gasteiger partial charge in [-0.25, -0.2) is 4.68 Å². The quantitative estimate of drug-likeness (QED) is 0.741. The van der Waals surface area contributed by atoms with E-state index < -0.39 is 0 Å². The number of hydrogen-bond acceptors (Lipinski definition) is 6. The van der Waals surface area contributed by atoms with Crippen LogP contribution in [0.4, 0.5) is 5.95 Å². The molecule has 0 radical (unpaired) electrons. The Morgan fingerprint density at radius 3 is 1.65 bits per heavy atom. The summed E-state index contributed by atoms with van der Waals surface area (Å²) in [4.78, 5) is 20.1. The molecule has 0 saturated heterocycles. The molecule has 0 aliphatic rings. The van der Waals surface area contributed by atoms with Crippen LogP contribution in [-0.4, -0.2) is 51.2 Å². The van der Waals surface area contributed by atoms with Gasteiger partial charge in [-0.15, -0.1) is 0 Å². The maximum Gasteiger partial charge on any atom is 0.242 e. The van der Waals surface area contributed by atoms with Crippen molar-refractivity contribution in [2.24, 2.45) is 7.05 Å². The van der Waals surface area contributed by atoms with Crippen LogP contribution in [0.2, 0.25) is 0 Å². The predicted molar refractivity (Wildman–Crippen MR) is 113 cm³/mol. The highest BCUT2D eigenvalue weighted by Crippen LogP contribution is 1.92. The molecule has 0 spiro atoms. The lowest BCUT2D eigenvalue weighted by molar-refractivity contribution is -0.120. The molecule has 0 fully saturated rings. The van der Waals surface area contributed by atoms with Crippen LogP contribution in [0.15, 0.2) is 0 Å². The number of carbonyl (C=O) groups is 2. The van der Waals surface area contributed by atoms with Crippen molar-refractivity contribution in [3.63, 3.8) is 0 Å². The minimum absolute atomic E-state index is 0. The third-order valence-electron chi connectivity index (χ3n) is 1.87. The van der Waals surface area contributed by atoms with Gasteiger partial charge in [-0.1, -0.05) is 34.8 Å². The summed E-state index contributed by atoms with van der Waals surface area (Å²) >= 11 is 0. The molecule has 9 heteroatoms. The molecule has 1 rings (SSSR count). The Morgan fingerprint density at radius 1 is 1.00 bits per heavy atom. The topological polar surface area (TPSA) is 114 Å². The molecule has 1 heterocycles. The van der Waals surface area contributed by atoms with Gasteiger partial charge in [0.05, 0.1) is 0 Å². The van der Waals surface area contributed by atoms with E-state index in [-0.39, 0.29) is 47.6 Å². The predicted octanol–water partition coefficient (Wildman–Crippen LogP) is 2.86. The van der Waals surface area contributed by atoms with Gasteiger partial charge in [-0.3, -0.25) is 9.59 Å². The highest BCUT2D eigenvalue weighted by atomic mass is 16.2. The van der Waals surface area contributed by atoms with Gasteiger partial charge in [0.25, 0.3) is 0 Å². The van der Waals surface area contributed by atoms with Crippen molar-refractivity contribution >= 4 is 17.8 Å². The Balaban J connectivity index is -0.0000000548. The Hall–Kier alpha value is -2.19. The molecule has 0 atom stereocenters. The van der Waals surface area contributed by atoms with E-state index in [1.807, 2.05) is 27.7 Å². The van der Waals surface area contributed by atoms with Crippen LogP contribution in [0.25, 0.3) is 0 Å². The second-order valence-electron chi connectivity index (χ2n) is 4.60. The molecule has 0 saturated carbocycles. The second kappa shape index (κ2) is 25.1. The van der Waals surface area contributed by atoms with Gasteiger partial charge in [-0.05, 0) is 38.1 Å². The van der Waals surface area contributed by atoms with Gasteiger partial charge >= 0.3 is 0 Å². The van der Waals surface area contributed by atoms with Crippen LogP contribution >= 0.6 is 0 Å². The number of aryl methyl sites for hydroxylation is 1. The summed E-state index contributed by atoms with van der Waals surface area (Å²) in [6.45, 7) is 12.3. The Kier molecular flexibility index (Phi) is 37.6. The molecule has 1 aromatic heterocycles. The lowest BCUT2D eigenvalue weighted by Crippen LogP contribution is -2.27. The maximum atomic E-state index is 10.1. The zero-order valence-electron chi connectivity index (χ0n) is 14.6. The van der Waals surface area contributed by atoms with Crippen LogP contribution < -0.4 is 16.0 Å². The fourth-order valence-corrected chi connectivity index (χ4v) is 1.19. The molecule has 160 valence electrons. The first kappa shape index (κ1) is 39.1. The number of hydrogen-bond donors (Lipinski definition) is 3. The first-order valence-corrected chi connectivity index (χ1v) is 7.22. The first-order chi connectivity index (χ1) is 10.2. The number of tetrazole rings is 1. The zero-order chi connectivity index (χ0) is 17.5.